The molecule has 3 heteroatoms. The molecular weight excluding hydrogens is 496 g/mol. The Labute approximate surface area is 230 Å². The zero-order chi connectivity index (χ0) is 25.9. The van der Waals surface area contributed by atoms with Gasteiger partial charge in [0.2, 0.25) is 0 Å². The Morgan fingerprint density at radius 1 is 0.462 bits per heavy atom. The average Bonchev–Trinajstić information content (AvgIpc) is 3.57. The van der Waals surface area contributed by atoms with Crippen LogP contribution in [0.1, 0.15) is 0 Å². The van der Waals surface area contributed by atoms with E-state index in [4.69, 9.17) is 11.6 Å². The SMILES string of the molecule is Clc1ccc(-n2ccc3c4c5c6ccccc6ccc5n(-c5cccc(-c6ccccc6)c5)c4ccc32)cc1. The van der Waals surface area contributed by atoms with Crippen LogP contribution in [0.5, 0.6) is 0 Å². The zero-order valence-corrected chi connectivity index (χ0v) is 21.8. The van der Waals surface area contributed by atoms with Crippen LogP contribution in [-0.4, -0.2) is 9.13 Å². The van der Waals surface area contributed by atoms with E-state index in [1.54, 1.807) is 0 Å². The van der Waals surface area contributed by atoms with Crippen LogP contribution in [0.4, 0.5) is 0 Å². The molecule has 0 aliphatic heterocycles. The lowest BCUT2D eigenvalue weighted by Gasteiger charge is -2.11. The number of benzene rings is 6. The maximum Gasteiger partial charge on any atom is 0.0548 e. The molecule has 0 atom stereocenters. The molecule has 0 fully saturated rings. The zero-order valence-electron chi connectivity index (χ0n) is 21.1. The molecule has 2 aromatic heterocycles. The van der Waals surface area contributed by atoms with E-state index < -0.39 is 0 Å². The average molecular weight is 519 g/mol. The van der Waals surface area contributed by atoms with E-state index in [9.17, 15) is 0 Å². The van der Waals surface area contributed by atoms with E-state index in [0.29, 0.717) is 0 Å². The third-order valence-corrected chi connectivity index (χ3v) is 8.06. The molecular formula is C36H23ClN2. The monoisotopic (exact) mass is 518 g/mol. The van der Waals surface area contributed by atoms with Crippen LogP contribution in [0, 0.1) is 0 Å². The van der Waals surface area contributed by atoms with E-state index >= 15 is 0 Å². The molecule has 0 amide bonds. The number of aromatic nitrogens is 2. The van der Waals surface area contributed by atoms with E-state index in [-0.39, 0.29) is 0 Å². The minimum absolute atomic E-state index is 0.741. The lowest BCUT2D eigenvalue weighted by atomic mass is 10.0. The van der Waals surface area contributed by atoms with Crippen molar-refractivity contribution in [2.24, 2.45) is 0 Å². The van der Waals surface area contributed by atoms with Gasteiger partial charge in [0.05, 0.1) is 16.6 Å². The minimum Gasteiger partial charge on any atom is -0.317 e. The molecule has 39 heavy (non-hydrogen) atoms. The molecule has 0 aliphatic carbocycles. The third kappa shape index (κ3) is 3.42. The second-order valence-corrected chi connectivity index (χ2v) is 10.4. The summed E-state index contributed by atoms with van der Waals surface area (Å²) in [5.74, 6) is 0. The second kappa shape index (κ2) is 8.62. The van der Waals surface area contributed by atoms with Gasteiger partial charge in [-0.1, -0.05) is 84.4 Å². The highest BCUT2D eigenvalue weighted by Gasteiger charge is 2.19. The minimum atomic E-state index is 0.741. The van der Waals surface area contributed by atoms with E-state index in [1.165, 1.54) is 54.6 Å². The third-order valence-electron chi connectivity index (χ3n) is 7.81. The topological polar surface area (TPSA) is 9.86 Å². The first-order chi connectivity index (χ1) is 19.3. The normalized spacial score (nSPS) is 11.7. The van der Waals surface area contributed by atoms with Gasteiger partial charge in [0.25, 0.3) is 0 Å². The van der Waals surface area contributed by atoms with Crippen LogP contribution >= 0.6 is 11.6 Å². The predicted octanol–water partition coefficient (Wildman–Crippen LogP) is 10.2. The van der Waals surface area contributed by atoms with Crippen LogP contribution in [0.25, 0.3) is 66.0 Å². The van der Waals surface area contributed by atoms with Crippen molar-refractivity contribution in [3.63, 3.8) is 0 Å². The number of fused-ring (bicyclic) bond motifs is 7. The summed E-state index contributed by atoms with van der Waals surface area (Å²) in [7, 11) is 0. The van der Waals surface area contributed by atoms with E-state index in [0.717, 1.165) is 16.4 Å². The second-order valence-electron chi connectivity index (χ2n) is 9.99. The molecule has 0 radical (unpaired) electrons. The van der Waals surface area contributed by atoms with Gasteiger partial charge in [0.15, 0.2) is 0 Å². The van der Waals surface area contributed by atoms with Crippen molar-refractivity contribution >= 4 is 55.1 Å². The number of halogens is 1. The lowest BCUT2D eigenvalue weighted by Crippen LogP contribution is -1.95. The molecule has 0 aliphatic rings. The molecule has 0 bridgehead atoms. The van der Waals surface area contributed by atoms with Gasteiger partial charge in [0.1, 0.15) is 0 Å². The summed E-state index contributed by atoms with van der Waals surface area (Å²) in [5, 5.41) is 7.05. The highest BCUT2D eigenvalue weighted by molar-refractivity contribution is 6.30. The van der Waals surface area contributed by atoms with Crippen molar-refractivity contribution in [1.29, 1.82) is 0 Å². The molecule has 6 aromatic carbocycles. The van der Waals surface area contributed by atoms with Crippen molar-refractivity contribution in [2.75, 3.05) is 0 Å². The molecule has 0 N–H and O–H groups in total. The van der Waals surface area contributed by atoms with Gasteiger partial charge < -0.3 is 9.13 Å². The Kier molecular flexibility index (Phi) is 4.91. The molecule has 0 saturated heterocycles. The summed E-state index contributed by atoms with van der Waals surface area (Å²) in [6.07, 6.45) is 2.16. The summed E-state index contributed by atoms with van der Waals surface area (Å²) in [5.41, 5.74) is 8.26. The van der Waals surface area contributed by atoms with Gasteiger partial charge in [-0.3, -0.25) is 0 Å². The van der Waals surface area contributed by atoms with Crippen LogP contribution in [0.15, 0.2) is 140 Å². The molecule has 2 heterocycles. The Balaban J connectivity index is 1.48. The van der Waals surface area contributed by atoms with Gasteiger partial charge in [-0.15, -0.1) is 0 Å². The molecule has 0 saturated carbocycles. The molecule has 0 spiro atoms. The number of rotatable bonds is 3. The van der Waals surface area contributed by atoms with Gasteiger partial charge in [-0.2, -0.15) is 0 Å². The molecule has 184 valence electrons. The van der Waals surface area contributed by atoms with Crippen molar-refractivity contribution < 1.29 is 0 Å². The van der Waals surface area contributed by atoms with Crippen molar-refractivity contribution in [2.45, 2.75) is 0 Å². The lowest BCUT2D eigenvalue weighted by molar-refractivity contribution is 1.13. The summed E-state index contributed by atoms with van der Waals surface area (Å²) in [6.45, 7) is 0. The van der Waals surface area contributed by atoms with Crippen molar-refractivity contribution in [1.82, 2.24) is 9.13 Å². The fraction of sp³-hybridized carbons (Fsp3) is 0. The first-order valence-corrected chi connectivity index (χ1v) is 13.5. The fourth-order valence-corrected chi connectivity index (χ4v) is 6.18. The maximum atomic E-state index is 6.19. The van der Waals surface area contributed by atoms with Gasteiger partial charge in [-0.25, -0.2) is 0 Å². The highest BCUT2D eigenvalue weighted by Crippen LogP contribution is 2.41. The highest BCUT2D eigenvalue weighted by atomic mass is 35.5. The predicted molar refractivity (Wildman–Crippen MR) is 166 cm³/mol. The van der Waals surface area contributed by atoms with Crippen LogP contribution in [0.3, 0.4) is 0 Å². The molecule has 2 nitrogen and oxygen atoms in total. The fourth-order valence-electron chi connectivity index (χ4n) is 6.05. The largest absolute Gasteiger partial charge is 0.317 e. The van der Waals surface area contributed by atoms with Crippen molar-refractivity contribution in [3.8, 4) is 22.5 Å². The van der Waals surface area contributed by atoms with Gasteiger partial charge in [0, 0.05) is 38.8 Å². The van der Waals surface area contributed by atoms with Crippen LogP contribution in [-0.2, 0) is 0 Å². The van der Waals surface area contributed by atoms with Gasteiger partial charge in [-0.05, 0) is 82.6 Å². The van der Waals surface area contributed by atoms with E-state index in [2.05, 4.69) is 137 Å². The smallest absolute Gasteiger partial charge is 0.0548 e. The summed E-state index contributed by atoms with van der Waals surface area (Å²) in [6, 6.07) is 47.4. The van der Waals surface area contributed by atoms with Crippen LogP contribution < -0.4 is 0 Å². The van der Waals surface area contributed by atoms with E-state index in [1.807, 2.05) is 12.1 Å². The Morgan fingerprint density at radius 2 is 1.15 bits per heavy atom. The van der Waals surface area contributed by atoms with Gasteiger partial charge >= 0.3 is 0 Å². The first-order valence-electron chi connectivity index (χ1n) is 13.1. The Hall–Kier alpha value is -4.79. The number of hydrogen-bond donors (Lipinski definition) is 0. The standard InChI is InChI=1S/C36H23ClN2/c37-27-14-16-28(17-15-27)38-22-21-31-32(38)19-20-34-36(31)35-30-12-5-4-9-25(30)13-18-33(35)39(34)29-11-6-10-26(23-29)24-7-2-1-3-8-24/h1-23H. The summed E-state index contributed by atoms with van der Waals surface area (Å²) in [4.78, 5) is 0. The van der Waals surface area contributed by atoms with Crippen LogP contribution in [0.2, 0.25) is 5.02 Å². The Bertz CT molecular complexity index is 2170. The molecule has 8 aromatic rings. The Morgan fingerprint density at radius 3 is 2.00 bits per heavy atom. The molecule has 0 unspecified atom stereocenters. The number of nitrogens with zero attached hydrogens (tertiary/aromatic N) is 2. The maximum absolute atomic E-state index is 6.19. The molecule has 8 rings (SSSR count). The summed E-state index contributed by atoms with van der Waals surface area (Å²) >= 11 is 6.19. The first kappa shape index (κ1) is 22.2. The van der Waals surface area contributed by atoms with Crippen molar-refractivity contribution in [3.05, 3.63) is 145 Å². The summed E-state index contributed by atoms with van der Waals surface area (Å²) < 4.78 is 4.66. The number of hydrogen-bond acceptors (Lipinski definition) is 0. The quantitative estimate of drug-likeness (QED) is 0.220.